The van der Waals surface area contributed by atoms with Gasteiger partial charge in [-0.2, -0.15) is 0 Å². The van der Waals surface area contributed by atoms with Crippen molar-refractivity contribution in [3.63, 3.8) is 0 Å². The second-order valence-electron chi connectivity index (χ2n) is 6.35. The maximum absolute atomic E-state index is 9.47. The second kappa shape index (κ2) is 3.10. The number of hydrogen-bond donors (Lipinski definition) is 1. The number of aliphatic hydroxyl groups is 1. The molecule has 0 heterocycles. The van der Waals surface area contributed by atoms with Crippen molar-refractivity contribution < 1.29 is 5.11 Å². The molecule has 1 N–H and O–H groups in total. The lowest BCUT2D eigenvalue weighted by atomic mass is 9.75. The first-order valence-corrected chi connectivity index (χ1v) is 6.44. The third kappa shape index (κ3) is 1.19. The molecule has 0 aromatic heterocycles. The summed E-state index contributed by atoms with van der Waals surface area (Å²) >= 11 is 0. The highest BCUT2D eigenvalue weighted by Crippen LogP contribution is 2.65. The van der Waals surface area contributed by atoms with E-state index < -0.39 is 0 Å². The SMILES string of the molecule is C=C1CC[C@@]2(C)C[C@@H]3CCC(CO)[C@@H]3[C@@H]12. The van der Waals surface area contributed by atoms with Gasteiger partial charge in [0.25, 0.3) is 0 Å². The number of aliphatic hydroxyl groups excluding tert-OH is 1. The Bertz CT molecular complexity index is 296. The molecule has 0 amide bonds. The van der Waals surface area contributed by atoms with Crippen molar-refractivity contribution in [3.8, 4) is 0 Å². The summed E-state index contributed by atoms with van der Waals surface area (Å²) in [7, 11) is 0. The summed E-state index contributed by atoms with van der Waals surface area (Å²) in [6.45, 7) is 7.15. The van der Waals surface area contributed by atoms with Gasteiger partial charge in [-0.3, -0.25) is 0 Å². The average Bonchev–Trinajstić information content (AvgIpc) is 2.77. The summed E-state index contributed by atoms with van der Waals surface area (Å²) in [5, 5.41) is 9.47. The van der Waals surface area contributed by atoms with Gasteiger partial charge in [0.2, 0.25) is 0 Å². The highest BCUT2D eigenvalue weighted by molar-refractivity contribution is 5.21. The summed E-state index contributed by atoms with van der Waals surface area (Å²) in [5.41, 5.74) is 2.03. The van der Waals surface area contributed by atoms with E-state index in [9.17, 15) is 5.11 Å². The minimum absolute atomic E-state index is 0.404. The van der Waals surface area contributed by atoms with Crippen LogP contribution >= 0.6 is 0 Å². The quantitative estimate of drug-likeness (QED) is 0.654. The molecule has 1 nitrogen and oxygen atoms in total. The Labute approximate surface area is 92.6 Å². The van der Waals surface area contributed by atoms with Crippen molar-refractivity contribution in [1.82, 2.24) is 0 Å². The van der Waals surface area contributed by atoms with Crippen LogP contribution in [0.2, 0.25) is 0 Å². The van der Waals surface area contributed by atoms with Crippen LogP contribution in [0.4, 0.5) is 0 Å². The average molecular weight is 206 g/mol. The first-order valence-electron chi connectivity index (χ1n) is 6.44. The summed E-state index contributed by atoms with van der Waals surface area (Å²) < 4.78 is 0. The number of rotatable bonds is 1. The molecule has 0 radical (unpaired) electrons. The van der Waals surface area contributed by atoms with Crippen LogP contribution in [0.3, 0.4) is 0 Å². The fourth-order valence-electron chi connectivity index (χ4n) is 5.01. The summed E-state index contributed by atoms with van der Waals surface area (Å²) in [6, 6.07) is 0. The molecule has 3 aliphatic rings. The first-order chi connectivity index (χ1) is 7.15. The molecular formula is C14H22O. The summed E-state index contributed by atoms with van der Waals surface area (Å²) in [6.07, 6.45) is 6.60. The van der Waals surface area contributed by atoms with Gasteiger partial charge in [-0.25, -0.2) is 0 Å². The Morgan fingerprint density at radius 1 is 1.47 bits per heavy atom. The molecule has 3 saturated carbocycles. The highest BCUT2D eigenvalue weighted by atomic mass is 16.3. The third-order valence-electron chi connectivity index (χ3n) is 5.55. The van der Waals surface area contributed by atoms with E-state index in [4.69, 9.17) is 0 Å². The Balaban J connectivity index is 1.94. The van der Waals surface area contributed by atoms with Gasteiger partial charge in [-0.1, -0.05) is 19.1 Å². The molecule has 1 heteroatoms. The topological polar surface area (TPSA) is 20.2 Å². The van der Waals surface area contributed by atoms with Gasteiger partial charge >= 0.3 is 0 Å². The van der Waals surface area contributed by atoms with Gasteiger partial charge in [0.15, 0.2) is 0 Å². The molecule has 3 fully saturated rings. The fourth-order valence-corrected chi connectivity index (χ4v) is 5.01. The Kier molecular flexibility index (Phi) is 2.04. The number of allylic oxidation sites excluding steroid dienone is 1. The predicted octanol–water partition coefficient (Wildman–Crippen LogP) is 3.00. The van der Waals surface area contributed by atoms with E-state index in [1.54, 1.807) is 0 Å². The lowest BCUT2D eigenvalue weighted by molar-refractivity contribution is 0.152. The Morgan fingerprint density at radius 2 is 2.27 bits per heavy atom. The molecule has 0 spiro atoms. The fraction of sp³-hybridized carbons (Fsp3) is 0.857. The molecule has 15 heavy (non-hydrogen) atoms. The largest absolute Gasteiger partial charge is 0.396 e. The van der Waals surface area contributed by atoms with Crippen LogP contribution in [-0.4, -0.2) is 11.7 Å². The standard InChI is InChI=1S/C14H22O/c1-9-5-6-14(2)7-10-3-4-11(8-15)12(10)13(9)14/h10-13,15H,1,3-8H2,2H3/t10-,11?,12+,13+,14-/m0/s1. The van der Waals surface area contributed by atoms with Crippen molar-refractivity contribution >= 4 is 0 Å². The van der Waals surface area contributed by atoms with Crippen molar-refractivity contribution in [2.75, 3.05) is 6.61 Å². The van der Waals surface area contributed by atoms with Crippen molar-refractivity contribution in [1.29, 1.82) is 0 Å². The van der Waals surface area contributed by atoms with E-state index in [0.29, 0.717) is 17.9 Å². The molecule has 5 atom stereocenters. The van der Waals surface area contributed by atoms with Crippen LogP contribution in [0.5, 0.6) is 0 Å². The summed E-state index contributed by atoms with van der Waals surface area (Å²) in [5.74, 6) is 2.99. The molecular weight excluding hydrogens is 184 g/mol. The predicted molar refractivity (Wildman–Crippen MR) is 61.4 cm³/mol. The number of hydrogen-bond acceptors (Lipinski definition) is 1. The molecule has 0 saturated heterocycles. The van der Waals surface area contributed by atoms with E-state index in [1.165, 1.54) is 37.7 Å². The van der Waals surface area contributed by atoms with Crippen LogP contribution in [0.25, 0.3) is 0 Å². The minimum Gasteiger partial charge on any atom is -0.396 e. The first kappa shape index (κ1) is 9.89. The molecule has 1 unspecified atom stereocenters. The Morgan fingerprint density at radius 3 is 3.00 bits per heavy atom. The van der Waals surface area contributed by atoms with E-state index >= 15 is 0 Å². The van der Waals surface area contributed by atoms with Crippen molar-refractivity contribution in [2.24, 2.45) is 29.1 Å². The van der Waals surface area contributed by atoms with Gasteiger partial charge in [-0.15, -0.1) is 0 Å². The van der Waals surface area contributed by atoms with E-state index in [0.717, 1.165) is 17.8 Å². The molecule has 3 aliphatic carbocycles. The van der Waals surface area contributed by atoms with Crippen LogP contribution < -0.4 is 0 Å². The normalized spacial score (nSPS) is 53.3. The zero-order valence-electron chi connectivity index (χ0n) is 9.71. The molecule has 0 aliphatic heterocycles. The van der Waals surface area contributed by atoms with Crippen LogP contribution in [0.1, 0.15) is 39.0 Å². The smallest absolute Gasteiger partial charge is 0.0462 e. The van der Waals surface area contributed by atoms with Crippen molar-refractivity contribution in [3.05, 3.63) is 12.2 Å². The molecule has 0 aromatic rings. The summed E-state index contributed by atoms with van der Waals surface area (Å²) in [4.78, 5) is 0. The monoisotopic (exact) mass is 206 g/mol. The van der Waals surface area contributed by atoms with E-state index in [-0.39, 0.29) is 0 Å². The molecule has 0 bridgehead atoms. The third-order valence-corrected chi connectivity index (χ3v) is 5.55. The van der Waals surface area contributed by atoms with Crippen molar-refractivity contribution in [2.45, 2.75) is 39.0 Å². The maximum Gasteiger partial charge on any atom is 0.0462 e. The lowest BCUT2D eigenvalue weighted by Gasteiger charge is -2.30. The van der Waals surface area contributed by atoms with Gasteiger partial charge in [0.1, 0.15) is 0 Å². The lowest BCUT2D eigenvalue weighted by Crippen LogP contribution is -2.25. The van der Waals surface area contributed by atoms with Crippen LogP contribution in [0.15, 0.2) is 12.2 Å². The van der Waals surface area contributed by atoms with E-state index in [2.05, 4.69) is 13.5 Å². The molecule has 3 rings (SSSR count). The zero-order chi connectivity index (χ0) is 10.6. The Hall–Kier alpha value is -0.300. The minimum atomic E-state index is 0.404. The maximum atomic E-state index is 9.47. The van der Waals surface area contributed by atoms with Gasteiger partial charge in [0.05, 0.1) is 0 Å². The highest BCUT2D eigenvalue weighted by Gasteiger charge is 2.57. The van der Waals surface area contributed by atoms with Gasteiger partial charge in [0, 0.05) is 6.61 Å². The van der Waals surface area contributed by atoms with E-state index in [1.807, 2.05) is 0 Å². The molecule has 0 aromatic carbocycles. The van der Waals surface area contributed by atoms with Crippen LogP contribution in [0, 0.1) is 29.1 Å². The van der Waals surface area contributed by atoms with Gasteiger partial charge < -0.3 is 5.11 Å². The number of fused-ring (bicyclic) bond motifs is 3. The second-order valence-corrected chi connectivity index (χ2v) is 6.35. The van der Waals surface area contributed by atoms with Crippen LogP contribution in [-0.2, 0) is 0 Å². The van der Waals surface area contributed by atoms with Gasteiger partial charge in [-0.05, 0) is 61.2 Å². The molecule has 84 valence electrons. The zero-order valence-corrected chi connectivity index (χ0v) is 9.71.